The molecule has 1 atom stereocenters. The number of H-pyrrole nitrogens is 1. The number of hydrogen-bond acceptors (Lipinski definition) is 3. The fourth-order valence-corrected chi connectivity index (χ4v) is 3.37. The number of aromatic nitrogens is 1. The van der Waals surface area contributed by atoms with Crippen molar-refractivity contribution in [1.29, 1.82) is 0 Å². The molecular formula is C19H25N3O2S. The lowest BCUT2D eigenvalue weighted by atomic mass is 10.0. The van der Waals surface area contributed by atoms with Crippen LogP contribution in [0.4, 0.5) is 0 Å². The second-order valence-corrected chi connectivity index (χ2v) is 7.04. The van der Waals surface area contributed by atoms with Gasteiger partial charge in [0.25, 0.3) is 5.56 Å². The van der Waals surface area contributed by atoms with Crippen molar-refractivity contribution in [2.24, 2.45) is 0 Å². The Labute approximate surface area is 153 Å². The summed E-state index contributed by atoms with van der Waals surface area (Å²) >= 11 is 5.29. The van der Waals surface area contributed by atoms with Gasteiger partial charge in [0, 0.05) is 30.6 Å². The van der Waals surface area contributed by atoms with Crippen molar-refractivity contribution < 1.29 is 4.74 Å². The van der Waals surface area contributed by atoms with Gasteiger partial charge in [-0.15, -0.1) is 0 Å². The van der Waals surface area contributed by atoms with Gasteiger partial charge in [-0.3, -0.25) is 4.79 Å². The van der Waals surface area contributed by atoms with Gasteiger partial charge in [-0.1, -0.05) is 12.1 Å². The van der Waals surface area contributed by atoms with Gasteiger partial charge in [0.05, 0.1) is 11.6 Å². The van der Waals surface area contributed by atoms with E-state index in [1.165, 1.54) is 5.56 Å². The van der Waals surface area contributed by atoms with E-state index in [9.17, 15) is 4.79 Å². The molecule has 0 bridgehead atoms. The first kappa shape index (κ1) is 17.9. The highest BCUT2D eigenvalue weighted by Crippen LogP contribution is 2.19. The van der Waals surface area contributed by atoms with E-state index < -0.39 is 0 Å². The molecule has 2 heterocycles. The third-order valence-electron chi connectivity index (χ3n) is 4.71. The summed E-state index contributed by atoms with van der Waals surface area (Å²) < 4.78 is 5.56. The topological polar surface area (TPSA) is 66.2 Å². The van der Waals surface area contributed by atoms with Gasteiger partial charge in [0.1, 0.15) is 0 Å². The number of fused-ring (bicyclic) bond motifs is 1. The van der Waals surface area contributed by atoms with Gasteiger partial charge < -0.3 is 20.4 Å². The summed E-state index contributed by atoms with van der Waals surface area (Å²) in [4.78, 5) is 15.3. The maximum Gasteiger partial charge on any atom is 0.251 e. The van der Waals surface area contributed by atoms with Crippen LogP contribution >= 0.6 is 12.2 Å². The molecule has 0 radical (unpaired) electrons. The van der Waals surface area contributed by atoms with Gasteiger partial charge in [-0.25, -0.2) is 0 Å². The monoisotopic (exact) mass is 359 g/mol. The zero-order valence-electron chi connectivity index (χ0n) is 14.8. The summed E-state index contributed by atoms with van der Waals surface area (Å²) in [6.45, 7) is 6.28. The van der Waals surface area contributed by atoms with Gasteiger partial charge >= 0.3 is 0 Å². The molecular weight excluding hydrogens is 334 g/mol. The zero-order chi connectivity index (χ0) is 17.8. The minimum Gasteiger partial charge on any atom is -0.376 e. The van der Waals surface area contributed by atoms with Crippen LogP contribution in [0.15, 0.2) is 23.0 Å². The largest absolute Gasteiger partial charge is 0.376 e. The minimum atomic E-state index is -0.0266. The molecule has 0 aliphatic carbocycles. The number of aryl methyl sites for hydroxylation is 2. The van der Waals surface area contributed by atoms with E-state index in [1.54, 1.807) is 0 Å². The summed E-state index contributed by atoms with van der Waals surface area (Å²) in [7, 11) is 0. The Bertz CT molecular complexity index is 825. The average Bonchev–Trinajstić information content (AvgIpc) is 3.11. The van der Waals surface area contributed by atoms with Crippen molar-refractivity contribution in [2.75, 3.05) is 19.7 Å². The quantitative estimate of drug-likeness (QED) is 0.715. The van der Waals surface area contributed by atoms with Crippen LogP contribution in [0.5, 0.6) is 0 Å². The molecule has 1 aliphatic rings. The number of thiocarbonyl (C=S) groups is 1. The van der Waals surface area contributed by atoms with Gasteiger partial charge in [0.15, 0.2) is 5.11 Å². The van der Waals surface area contributed by atoms with E-state index in [-0.39, 0.29) is 11.7 Å². The number of hydrogen-bond donors (Lipinski definition) is 3. The van der Waals surface area contributed by atoms with Crippen molar-refractivity contribution >= 4 is 28.2 Å². The van der Waals surface area contributed by atoms with Crippen molar-refractivity contribution in [3.63, 3.8) is 0 Å². The molecule has 3 N–H and O–H groups in total. The Morgan fingerprint density at radius 3 is 2.88 bits per heavy atom. The van der Waals surface area contributed by atoms with Crippen LogP contribution in [0.25, 0.3) is 10.9 Å². The van der Waals surface area contributed by atoms with Gasteiger partial charge in [-0.05, 0) is 62.5 Å². The van der Waals surface area contributed by atoms with Crippen LogP contribution in [-0.4, -0.2) is 35.9 Å². The molecule has 6 heteroatoms. The molecule has 0 saturated carbocycles. The summed E-state index contributed by atoms with van der Waals surface area (Å²) in [6.07, 6.45) is 3.09. The maximum absolute atomic E-state index is 12.3. The maximum atomic E-state index is 12.3. The highest BCUT2D eigenvalue weighted by molar-refractivity contribution is 7.80. The van der Waals surface area contributed by atoms with Crippen LogP contribution in [0, 0.1) is 13.8 Å². The molecule has 2 aromatic rings. The molecule has 1 fully saturated rings. The summed E-state index contributed by atoms with van der Waals surface area (Å²) in [5.41, 5.74) is 3.93. The van der Waals surface area contributed by atoms with E-state index in [0.717, 1.165) is 48.0 Å². The Kier molecular flexibility index (Phi) is 5.71. The molecule has 25 heavy (non-hydrogen) atoms. The van der Waals surface area contributed by atoms with E-state index >= 15 is 0 Å². The summed E-state index contributed by atoms with van der Waals surface area (Å²) in [5.74, 6) is 0. The molecule has 134 valence electrons. The van der Waals surface area contributed by atoms with E-state index in [1.807, 2.05) is 19.1 Å². The smallest absolute Gasteiger partial charge is 0.251 e. The third kappa shape index (κ3) is 4.38. The molecule has 1 aromatic carbocycles. The molecule has 0 amide bonds. The van der Waals surface area contributed by atoms with E-state index in [0.29, 0.717) is 18.1 Å². The molecule has 5 nitrogen and oxygen atoms in total. The zero-order valence-corrected chi connectivity index (χ0v) is 15.6. The van der Waals surface area contributed by atoms with Crippen LogP contribution in [0.1, 0.15) is 29.5 Å². The Morgan fingerprint density at radius 2 is 2.12 bits per heavy atom. The Hall–Kier alpha value is -1.92. The fourth-order valence-electron chi connectivity index (χ4n) is 3.19. The van der Waals surface area contributed by atoms with Crippen LogP contribution < -0.4 is 16.2 Å². The second kappa shape index (κ2) is 7.97. The predicted octanol–water partition coefficient (Wildman–Crippen LogP) is 2.33. The number of benzene rings is 1. The predicted molar refractivity (Wildman–Crippen MR) is 105 cm³/mol. The Morgan fingerprint density at radius 1 is 1.32 bits per heavy atom. The fraction of sp³-hybridized carbons (Fsp3) is 0.474. The van der Waals surface area contributed by atoms with E-state index in [2.05, 4.69) is 28.6 Å². The lowest BCUT2D eigenvalue weighted by molar-refractivity contribution is 0.114. The normalized spacial score (nSPS) is 17.0. The number of nitrogens with one attached hydrogen (secondary N) is 3. The number of pyridine rings is 1. The van der Waals surface area contributed by atoms with Gasteiger partial charge in [-0.2, -0.15) is 0 Å². The van der Waals surface area contributed by atoms with Crippen molar-refractivity contribution in [2.45, 2.75) is 39.2 Å². The molecule has 1 saturated heterocycles. The molecule has 1 aliphatic heterocycles. The second-order valence-electron chi connectivity index (χ2n) is 6.63. The van der Waals surface area contributed by atoms with Crippen LogP contribution in [0.2, 0.25) is 0 Å². The van der Waals surface area contributed by atoms with Crippen LogP contribution in [-0.2, 0) is 11.2 Å². The first-order chi connectivity index (χ1) is 12.0. The van der Waals surface area contributed by atoms with Crippen molar-refractivity contribution in [3.05, 3.63) is 45.2 Å². The highest BCUT2D eigenvalue weighted by atomic mass is 32.1. The lowest BCUT2D eigenvalue weighted by Gasteiger charge is -2.14. The average molecular weight is 359 g/mol. The molecule has 3 rings (SSSR count). The molecule has 0 unspecified atom stereocenters. The third-order valence-corrected chi connectivity index (χ3v) is 5.00. The minimum absolute atomic E-state index is 0.0266. The standard InChI is InChI=1S/C19H25N3O2S/c1-12-5-6-13(2)17-16(12)10-14(18(23)22-17)7-8-20-19(25)21-11-15-4-3-9-24-15/h5-6,10,15H,3-4,7-9,11H2,1-2H3,(H,22,23)(H2,20,21,25)/t15-/m1/s1. The SMILES string of the molecule is Cc1ccc(C)c2[nH]c(=O)c(CCNC(=S)NC[C@H]3CCCO3)cc12. The van der Waals surface area contributed by atoms with Crippen molar-refractivity contribution in [1.82, 2.24) is 15.6 Å². The Balaban J connectivity index is 1.57. The lowest BCUT2D eigenvalue weighted by Crippen LogP contribution is -2.40. The van der Waals surface area contributed by atoms with Crippen molar-refractivity contribution in [3.8, 4) is 0 Å². The van der Waals surface area contributed by atoms with Crippen LogP contribution in [0.3, 0.4) is 0 Å². The van der Waals surface area contributed by atoms with Gasteiger partial charge in [0.2, 0.25) is 0 Å². The first-order valence-corrected chi connectivity index (χ1v) is 9.21. The molecule has 0 spiro atoms. The van der Waals surface area contributed by atoms with E-state index in [4.69, 9.17) is 17.0 Å². The number of ether oxygens (including phenoxy) is 1. The summed E-state index contributed by atoms with van der Waals surface area (Å²) in [6, 6.07) is 6.12. The molecule has 1 aromatic heterocycles. The highest BCUT2D eigenvalue weighted by Gasteiger charge is 2.15. The number of aromatic amines is 1. The number of rotatable bonds is 5. The first-order valence-electron chi connectivity index (χ1n) is 8.80. The summed E-state index contributed by atoms with van der Waals surface area (Å²) in [5, 5.41) is 8.07.